The maximum atomic E-state index is 12.1. The van der Waals surface area contributed by atoms with Gasteiger partial charge in [0.2, 0.25) is 5.91 Å². The first-order chi connectivity index (χ1) is 11.8. The monoisotopic (exact) mass is 474 g/mol. The maximum Gasteiger partial charge on any atom is 0.227 e. The van der Waals surface area contributed by atoms with Gasteiger partial charge in [-0.25, -0.2) is 0 Å². The van der Waals surface area contributed by atoms with Gasteiger partial charge in [0.05, 0.1) is 12.0 Å². The Kier molecular flexibility index (Phi) is 11.5. The molecule has 0 saturated carbocycles. The van der Waals surface area contributed by atoms with Crippen LogP contribution in [0, 0.1) is 5.41 Å². The first kappa shape index (κ1) is 24.7. The van der Waals surface area contributed by atoms with Crippen molar-refractivity contribution in [3.05, 3.63) is 35.4 Å². The SMILES string of the molecule is CCNC(=O)C(C)(C)CN=C(NCC)N(C)Cc1ccc(CC)cc1.I. The molecule has 0 atom stereocenters. The third-order valence-electron chi connectivity index (χ3n) is 4.12. The van der Waals surface area contributed by atoms with Crippen molar-refractivity contribution in [2.24, 2.45) is 10.4 Å². The molecule has 2 N–H and O–H groups in total. The molecule has 0 aliphatic rings. The maximum absolute atomic E-state index is 12.1. The van der Waals surface area contributed by atoms with Crippen LogP contribution in [0.15, 0.2) is 29.3 Å². The number of halogens is 1. The van der Waals surface area contributed by atoms with E-state index in [0.29, 0.717) is 13.1 Å². The number of guanidine groups is 1. The minimum Gasteiger partial charge on any atom is -0.357 e. The van der Waals surface area contributed by atoms with Crippen LogP contribution < -0.4 is 10.6 Å². The van der Waals surface area contributed by atoms with Crippen molar-refractivity contribution in [2.45, 2.75) is 47.6 Å². The number of carbonyl (C=O) groups is 1. The predicted molar refractivity (Wildman–Crippen MR) is 121 cm³/mol. The zero-order valence-electron chi connectivity index (χ0n) is 17.1. The summed E-state index contributed by atoms with van der Waals surface area (Å²) in [5, 5.41) is 6.19. The summed E-state index contributed by atoms with van der Waals surface area (Å²) in [5.41, 5.74) is 2.06. The zero-order chi connectivity index (χ0) is 18.9. The van der Waals surface area contributed by atoms with Crippen LogP contribution in [0.25, 0.3) is 0 Å². The van der Waals surface area contributed by atoms with Crippen molar-refractivity contribution in [1.82, 2.24) is 15.5 Å². The van der Waals surface area contributed by atoms with Gasteiger partial charge in [-0.3, -0.25) is 9.79 Å². The number of nitrogens with one attached hydrogen (secondary N) is 2. The second kappa shape index (κ2) is 12.1. The molecule has 0 saturated heterocycles. The molecule has 1 rings (SSSR count). The van der Waals surface area contributed by atoms with Crippen LogP contribution in [0.5, 0.6) is 0 Å². The fourth-order valence-electron chi connectivity index (χ4n) is 2.44. The van der Waals surface area contributed by atoms with Crippen LogP contribution in [0.3, 0.4) is 0 Å². The van der Waals surface area contributed by atoms with E-state index in [1.54, 1.807) is 0 Å². The van der Waals surface area contributed by atoms with Crippen molar-refractivity contribution in [2.75, 3.05) is 26.7 Å². The summed E-state index contributed by atoms with van der Waals surface area (Å²) in [6.07, 6.45) is 1.05. The fraction of sp³-hybridized carbons (Fsp3) is 0.600. The number of nitrogens with zero attached hydrogens (tertiary/aromatic N) is 2. The highest BCUT2D eigenvalue weighted by molar-refractivity contribution is 14.0. The Morgan fingerprint density at radius 1 is 1.04 bits per heavy atom. The molecule has 0 bridgehead atoms. The van der Waals surface area contributed by atoms with Crippen LogP contribution >= 0.6 is 24.0 Å². The van der Waals surface area contributed by atoms with Crippen molar-refractivity contribution in [1.29, 1.82) is 0 Å². The molecular formula is C20H35IN4O. The molecular weight excluding hydrogens is 439 g/mol. The van der Waals surface area contributed by atoms with Gasteiger partial charge in [0.1, 0.15) is 0 Å². The van der Waals surface area contributed by atoms with E-state index in [4.69, 9.17) is 0 Å². The van der Waals surface area contributed by atoms with Crippen LogP contribution in [-0.2, 0) is 17.8 Å². The number of benzene rings is 1. The first-order valence-corrected chi connectivity index (χ1v) is 9.19. The topological polar surface area (TPSA) is 56.7 Å². The number of rotatable bonds is 8. The summed E-state index contributed by atoms with van der Waals surface area (Å²) in [5.74, 6) is 0.854. The van der Waals surface area contributed by atoms with E-state index in [1.807, 2.05) is 34.7 Å². The second-order valence-electron chi connectivity index (χ2n) is 6.94. The second-order valence-corrected chi connectivity index (χ2v) is 6.94. The smallest absolute Gasteiger partial charge is 0.227 e. The van der Waals surface area contributed by atoms with Gasteiger partial charge in [-0.05, 0) is 45.2 Å². The standard InChI is InChI=1S/C20H34N4O.HI/c1-7-16-10-12-17(13-11-16)14-24(6)19(22-9-3)23-15-20(4,5)18(25)21-8-2;/h10-13H,7-9,14-15H2,1-6H3,(H,21,25)(H,22,23);1H. The Labute approximate surface area is 176 Å². The Balaban J connectivity index is 0.00000625. The van der Waals surface area contributed by atoms with Gasteiger partial charge in [-0.15, -0.1) is 24.0 Å². The molecule has 0 radical (unpaired) electrons. The van der Waals surface area contributed by atoms with Crippen LogP contribution in [0.4, 0.5) is 0 Å². The first-order valence-electron chi connectivity index (χ1n) is 9.19. The highest BCUT2D eigenvalue weighted by Crippen LogP contribution is 2.16. The van der Waals surface area contributed by atoms with E-state index in [-0.39, 0.29) is 29.9 Å². The van der Waals surface area contributed by atoms with Gasteiger partial charge in [-0.2, -0.15) is 0 Å². The van der Waals surface area contributed by atoms with E-state index in [2.05, 4.69) is 51.7 Å². The number of hydrogen-bond acceptors (Lipinski definition) is 2. The predicted octanol–water partition coefficient (Wildman–Crippen LogP) is 3.43. The van der Waals surface area contributed by atoms with E-state index in [1.165, 1.54) is 11.1 Å². The Morgan fingerprint density at radius 3 is 2.08 bits per heavy atom. The highest BCUT2D eigenvalue weighted by Gasteiger charge is 2.27. The lowest BCUT2D eigenvalue weighted by Crippen LogP contribution is -2.42. The molecule has 0 aromatic heterocycles. The summed E-state index contributed by atoms with van der Waals surface area (Å²) in [4.78, 5) is 18.9. The van der Waals surface area contributed by atoms with E-state index in [0.717, 1.165) is 25.5 Å². The molecule has 0 spiro atoms. The number of hydrogen-bond donors (Lipinski definition) is 2. The molecule has 26 heavy (non-hydrogen) atoms. The van der Waals surface area contributed by atoms with Gasteiger partial charge in [0, 0.05) is 26.7 Å². The number of amides is 1. The Bertz CT molecular complexity index is 570. The molecule has 0 heterocycles. The Hall–Kier alpha value is -1.31. The summed E-state index contributed by atoms with van der Waals surface area (Å²) in [7, 11) is 2.02. The third-order valence-corrected chi connectivity index (χ3v) is 4.12. The largest absolute Gasteiger partial charge is 0.357 e. The molecule has 0 aliphatic heterocycles. The number of aliphatic imine (C=N–C) groups is 1. The highest BCUT2D eigenvalue weighted by atomic mass is 127. The minimum absolute atomic E-state index is 0. The van der Waals surface area contributed by atoms with Crippen LogP contribution in [0.2, 0.25) is 0 Å². The van der Waals surface area contributed by atoms with E-state index >= 15 is 0 Å². The van der Waals surface area contributed by atoms with Gasteiger partial charge in [-0.1, -0.05) is 31.2 Å². The average Bonchev–Trinajstić information content (AvgIpc) is 2.59. The van der Waals surface area contributed by atoms with Gasteiger partial charge in [0.25, 0.3) is 0 Å². The van der Waals surface area contributed by atoms with E-state index < -0.39 is 5.41 Å². The molecule has 1 amide bonds. The van der Waals surface area contributed by atoms with Gasteiger partial charge < -0.3 is 15.5 Å². The molecule has 1 aromatic carbocycles. The van der Waals surface area contributed by atoms with Crippen molar-refractivity contribution >= 4 is 35.8 Å². The van der Waals surface area contributed by atoms with Crippen molar-refractivity contribution < 1.29 is 4.79 Å². The minimum atomic E-state index is -0.527. The van der Waals surface area contributed by atoms with Crippen molar-refractivity contribution in [3.8, 4) is 0 Å². The average molecular weight is 474 g/mol. The number of carbonyl (C=O) groups excluding carboxylic acids is 1. The lowest BCUT2D eigenvalue weighted by atomic mass is 9.92. The number of aryl methyl sites for hydroxylation is 1. The lowest BCUT2D eigenvalue weighted by molar-refractivity contribution is -0.128. The van der Waals surface area contributed by atoms with Crippen LogP contribution in [-0.4, -0.2) is 43.4 Å². The van der Waals surface area contributed by atoms with Crippen molar-refractivity contribution in [3.63, 3.8) is 0 Å². The molecule has 0 fully saturated rings. The van der Waals surface area contributed by atoms with Gasteiger partial charge >= 0.3 is 0 Å². The summed E-state index contributed by atoms with van der Waals surface area (Å²) >= 11 is 0. The molecule has 0 aliphatic carbocycles. The quantitative estimate of drug-likeness (QED) is 0.345. The molecule has 5 nitrogen and oxygen atoms in total. The zero-order valence-corrected chi connectivity index (χ0v) is 19.4. The molecule has 6 heteroatoms. The third kappa shape index (κ3) is 7.93. The Morgan fingerprint density at radius 2 is 1.58 bits per heavy atom. The summed E-state index contributed by atoms with van der Waals surface area (Å²) in [6, 6.07) is 8.67. The molecule has 0 unspecified atom stereocenters. The summed E-state index contributed by atoms with van der Waals surface area (Å²) in [6.45, 7) is 12.6. The van der Waals surface area contributed by atoms with Crippen LogP contribution in [0.1, 0.15) is 45.7 Å². The normalized spacial score (nSPS) is 11.5. The fourth-order valence-corrected chi connectivity index (χ4v) is 2.44. The lowest BCUT2D eigenvalue weighted by Gasteiger charge is -2.25. The molecule has 1 aromatic rings. The molecule has 148 valence electrons. The summed E-state index contributed by atoms with van der Waals surface area (Å²) < 4.78 is 0. The van der Waals surface area contributed by atoms with E-state index in [9.17, 15) is 4.79 Å². The van der Waals surface area contributed by atoms with Gasteiger partial charge in [0.15, 0.2) is 5.96 Å².